The number of nitrogens with zero attached hydrogens (tertiary/aromatic N) is 1. The standard InChI is InChI=1S/C20H26N4O7/c1-3-11(2)17(18(28)22-13(19(29)30)8-9-16(26)27)23-20(31)24-10-15(25)21-12-6-4-5-7-14(12)24/h4-7,11,13,17H,3,8-10H2,1-2H3,(H,21,25)(H,22,28)(H,23,31)(H,26,27)(H,29,30)/t11?,13-,17+/m1/s1. The fourth-order valence-electron chi connectivity index (χ4n) is 3.11. The van der Waals surface area contributed by atoms with Crippen molar-refractivity contribution >= 4 is 41.2 Å². The second-order valence-corrected chi connectivity index (χ2v) is 7.30. The average Bonchev–Trinajstić information content (AvgIpc) is 2.72. The molecule has 0 saturated heterocycles. The highest BCUT2D eigenvalue weighted by atomic mass is 16.4. The van der Waals surface area contributed by atoms with Crippen LogP contribution < -0.4 is 20.9 Å². The van der Waals surface area contributed by atoms with Gasteiger partial charge in [-0.25, -0.2) is 9.59 Å². The monoisotopic (exact) mass is 434 g/mol. The molecule has 11 heteroatoms. The Kier molecular flexibility index (Phi) is 7.94. The van der Waals surface area contributed by atoms with E-state index >= 15 is 0 Å². The van der Waals surface area contributed by atoms with Gasteiger partial charge in [0, 0.05) is 6.42 Å². The maximum absolute atomic E-state index is 12.9. The summed E-state index contributed by atoms with van der Waals surface area (Å²) in [7, 11) is 0. The average molecular weight is 434 g/mol. The summed E-state index contributed by atoms with van der Waals surface area (Å²) in [4.78, 5) is 61.1. The van der Waals surface area contributed by atoms with Crippen molar-refractivity contribution in [2.24, 2.45) is 5.92 Å². The number of fused-ring (bicyclic) bond motifs is 1. The lowest BCUT2D eigenvalue weighted by Crippen LogP contribution is -2.57. The van der Waals surface area contributed by atoms with Gasteiger partial charge in [0.05, 0.1) is 11.4 Å². The van der Waals surface area contributed by atoms with Gasteiger partial charge in [-0.05, 0) is 24.5 Å². The largest absolute Gasteiger partial charge is 0.481 e. The first kappa shape index (κ1) is 23.6. The van der Waals surface area contributed by atoms with Crippen molar-refractivity contribution in [1.29, 1.82) is 0 Å². The minimum atomic E-state index is -1.41. The van der Waals surface area contributed by atoms with Crippen LogP contribution in [-0.4, -0.2) is 58.6 Å². The number of amides is 4. The number of hydrogen-bond donors (Lipinski definition) is 5. The fourth-order valence-corrected chi connectivity index (χ4v) is 3.11. The number of urea groups is 1. The van der Waals surface area contributed by atoms with Crippen LogP contribution in [0.15, 0.2) is 24.3 Å². The molecule has 0 radical (unpaired) electrons. The zero-order valence-corrected chi connectivity index (χ0v) is 17.3. The van der Waals surface area contributed by atoms with Crippen LogP contribution in [-0.2, 0) is 19.2 Å². The normalized spacial score (nSPS) is 15.7. The molecule has 1 aliphatic rings. The third kappa shape index (κ3) is 6.17. The van der Waals surface area contributed by atoms with E-state index in [1.165, 1.54) is 4.90 Å². The van der Waals surface area contributed by atoms with Crippen molar-refractivity contribution in [3.8, 4) is 0 Å². The summed E-state index contributed by atoms with van der Waals surface area (Å²) in [6.45, 7) is 3.28. The van der Waals surface area contributed by atoms with Gasteiger partial charge in [0.25, 0.3) is 0 Å². The number of carbonyl (C=O) groups excluding carboxylic acids is 3. The molecule has 11 nitrogen and oxygen atoms in total. The van der Waals surface area contributed by atoms with Crippen LogP contribution in [0, 0.1) is 5.92 Å². The summed E-state index contributed by atoms with van der Waals surface area (Å²) in [6, 6.07) is 3.54. The van der Waals surface area contributed by atoms with Crippen molar-refractivity contribution in [2.45, 2.75) is 45.2 Å². The molecular formula is C20H26N4O7. The molecule has 1 heterocycles. The Morgan fingerprint density at radius 2 is 1.84 bits per heavy atom. The number of anilines is 2. The van der Waals surface area contributed by atoms with E-state index in [1.807, 2.05) is 0 Å². The smallest absolute Gasteiger partial charge is 0.326 e. The highest BCUT2D eigenvalue weighted by molar-refractivity contribution is 6.10. The molecule has 168 valence electrons. The first-order valence-electron chi connectivity index (χ1n) is 9.85. The van der Waals surface area contributed by atoms with Crippen LogP contribution in [0.1, 0.15) is 33.1 Å². The molecule has 1 aromatic carbocycles. The van der Waals surface area contributed by atoms with Crippen molar-refractivity contribution in [3.05, 3.63) is 24.3 Å². The zero-order valence-electron chi connectivity index (χ0n) is 17.3. The van der Waals surface area contributed by atoms with Crippen LogP contribution in [0.5, 0.6) is 0 Å². The number of nitrogens with one attached hydrogen (secondary N) is 3. The van der Waals surface area contributed by atoms with Gasteiger partial charge in [-0.3, -0.25) is 19.3 Å². The molecule has 5 N–H and O–H groups in total. The van der Waals surface area contributed by atoms with Crippen molar-refractivity contribution in [2.75, 3.05) is 16.8 Å². The molecule has 0 bridgehead atoms. The van der Waals surface area contributed by atoms with Gasteiger partial charge in [-0.2, -0.15) is 0 Å². The van der Waals surface area contributed by atoms with Gasteiger partial charge < -0.3 is 26.2 Å². The Bertz CT molecular complexity index is 873. The molecule has 31 heavy (non-hydrogen) atoms. The highest BCUT2D eigenvalue weighted by Crippen LogP contribution is 2.29. The molecule has 0 spiro atoms. The van der Waals surface area contributed by atoms with Crippen molar-refractivity contribution < 1.29 is 34.2 Å². The van der Waals surface area contributed by atoms with Gasteiger partial charge in [0.1, 0.15) is 18.6 Å². The van der Waals surface area contributed by atoms with E-state index in [4.69, 9.17) is 5.11 Å². The number of hydrogen-bond acceptors (Lipinski definition) is 5. The van der Waals surface area contributed by atoms with E-state index in [1.54, 1.807) is 38.1 Å². The Morgan fingerprint density at radius 1 is 1.16 bits per heavy atom. The zero-order chi connectivity index (χ0) is 23.1. The van der Waals surface area contributed by atoms with E-state index < -0.39 is 48.3 Å². The molecule has 1 aromatic rings. The molecule has 1 aliphatic heterocycles. The second-order valence-electron chi connectivity index (χ2n) is 7.30. The van der Waals surface area contributed by atoms with E-state index in [0.29, 0.717) is 17.8 Å². The molecule has 0 aliphatic carbocycles. The van der Waals surface area contributed by atoms with Gasteiger partial charge in [0.2, 0.25) is 11.8 Å². The first-order chi connectivity index (χ1) is 14.6. The number of aliphatic carboxylic acids is 2. The minimum absolute atomic E-state index is 0.242. The quantitative estimate of drug-likeness (QED) is 0.387. The van der Waals surface area contributed by atoms with Gasteiger partial charge in [0.15, 0.2) is 0 Å². The summed E-state index contributed by atoms with van der Waals surface area (Å²) in [6.07, 6.45) is -0.225. The molecule has 3 atom stereocenters. The predicted molar refractivity (Wildman–Crippen MR) is 111 cm³/mol. The van der Waals surface area contributed by atoms with Crippen LogP contribution in [0.4, 0.5) is 16.2 Å². The van der Waals surface area contributed by atoms with Crippen molar-refractivity contribution in [3.63, 3.8) is 0 Å². The number of rotatable bonds is 9. The minimum Gasteiger partial charge on any atom is -0.481 e. The van der Waals surface area contributed by atoms with Gasteiger partial charge in [-0.15, -0.1) is 0 Å². The number of carbonyl (C=O) groups is 5. The molecule has 0 saturated carbocycles. The maximum Gasteiger partial charge on any atom is 0.326 e. The number of carboxylic acids is 2. The SMILES string of the molecule is CCC(C)[C@H](NC(=O)N1CC(=O)Nc2ccccc21)C(=O)N[C@H](CCC(=O)O)C(=O)O. The Morgan fingerprint density at radius 3 is 2.45 bits per heavy atom. The molecular weight excluding hydrogens is 408 g/mol. The summed E-state index contributed by atoms with van der Waals surface area (Å²) in [5.74, 6) is -4.04. The van der Waals surface area contributed by atoms with Crippen molar-refractivity contribution in [1.82, 2.24) is 10.6 Å². The van der Waals surface area contributed by atoms with Gasteiger partial charge in [-0.1, -0.05) is 32.4 Å². The molecule has 2 rings (SSSR count). The first-order valence-corrected chi connectivity index (χ1v) is 9.85. The lowest BCUT2D eigenvalue weighted by atomic mass is 9.97. The predicted octanol–water partition coefficient (Wildman–Crippen LogP) is 1.00. The Hall–Kier alpha value is -3.63. The number of para-hydroxylation sites is 2. The second kappa shape index (κ2) is 10.4. The van der Waals surface area contributed by atoms with Crippen LogP contribution in [0.25, 0.3) is 0 Å². The molecule has 0 aromatic heterocycles. The highest BCUT2D eigenvalue weighted by Gasteiger charge is 2.33. The molecule has 1 unspecified atom stereocenters. The Balaban J connectivity index is 2.18. The third-order valence-corrected chi connectivity index (χ3v) is 5.05. The molecule has 4 amide bonds. The summed E-state index contributed by atoms with van der Waals surface area (Å²) in [5.41, 5.74) is 0.922. The summed E-state index contributed by atoms with van der Waals surface area (Å²) < 4.78 is 0. The van der Waals surface area contributed by atoms with Gasteiger partial charge >= 0.3 is 18.0 Å². The number of carboxylic acid groups (broad SMARTS) is 2. The van der Waals surface area contributed by atoms with E-state index in [-0.39, 0.29) is 18.9 Å². The van der Waals surface area contributed by atoms with Crippen LogP contribution >= 0.6 is 0 Å². The maximum atomic E-state index is 12.9. The lowest BCUT2D eigenvalue weighted by molar-refractivity contribution is -0.143. The fraction of sp³-hybridized carbons (Fsp3) is 0.450. The summed E-state index contributed by atoms with van der Waals surface area (Å²) >= 11 is 0. The van der Waals surface area contributed by atoms with E-state index in [0.717, 1.165) is 0 Å². The summed E-state index contributed by atoms with van der Waals surface area (Å²) in [5, 5.41) is 25.6. The molecule has 0 fully saturated rings. The van der Waals surface area contributed by atoms with E-state index in [2.05, 4.69) is 16.0 Å². The van der Waals surface area contributed by atoms with E-state index in [9.17, 15) is 29.1 Å². The number of benzene rings is 1. The van der Waals surface area contributed by atoms with Crippen LogP contribution in [0.2, 0.25) is 0 Å². The topological polar surface area (TPSA) is 165 Å². The Labute approximate surface area is 178 Å². The lowest BCUT2D eigenvalue weighted by Gasteiger charge is -2.32. The van der Waals surface area contributed by atoms with Crippen LogP contribution in [0.3, 0.4) is 0 Å². The third-order valence-electron chi connectivity index (χ3n) is 5.05.